The molecule has 0 atom stereocenters. The van der Waals surface area contributed by atoms with E-state index in [0.29, 0.717) is 5.69 Å². The molecule has 1 amide bonds. The van der Waals surface area contributed by atoms with Crippen molar-refractivity contribution in [2.75, 3.05) is 42.9 Å². The molecule has 6 nitrogen and oxygen atoms in total. The SMILES string of the molecule is CCN1CCN(c2cnc(C(=O)Nc3ccc(F)cc3)cn2)CC1. The number of carbonyl (C=O) groups is 1. The van der Waals surface area contributed by atoms with Gasteiger partial charge in [-0.05, 0) is 30.8 Å². The van der Waals surface area contributed by atoms with Crippen molar-refractivity contribution in [3.05, 3.63) is 48.2 Å². The van der Waals surface area contributed by atoms with Gasteiger partial charge < -0.3 is 15.1 Å². The van der Waals surface area contributed by atoms with Gasteiger partial charge >= 0.3 is 0 Å². The van der Waals surface area contributed by atoms with Gasteiger partial charge in [0.25, 0.3) is 5.91 Å². The molecule has 0 radical (unpaired) electrons. The quantitative estimate of drug-likeness (QED) is 0.930. The van der Waals surface area contributed by atoms with Crippen LogP contribution in [0, 0.1) is 5.82 Å². The average molecular weight is 329 g/mol. The highest BCUT2D eigenvalue weighted by atomic mass is 19.1. The van der Waals surface area contributed by atoms with Crippen LogP contribution in [0.5, 0.6) is 0 Å². The molecule has 1 aromatic heterocycles. The minimum absolute atomic E-state index is 0.232. The van der Waals surface area contributed by atoms with Gasteiger partial charge in [0.2, 0.25) is 0 Å². The van der Waals surface area contributed by atoms with Gasteiger partial charge in [-0.2, -0.15) is 0 Å². The van der Waals surface area contributed by atoms with E-state index >= 15 is 0 Å². The Labute approximate surface area is 140 Å². The van der Waals surface area contributed by atoms with Crippen molar-refractivity contribution in [2.45, 2.75) is 6.92 Å². The number of aromatic nitrogens is 2. The number of carbonyl (C=O) groups excluding carboxylic acids is 1. The summed E-state index contributed by atoms with van der Waals surface area (Å²) >= 11 is 0. The zero-order chi connectivity index (χ0) is 16.9. The first-order valence-electron chi connectivity index (χ1n) is 8.02. The number of nitrogens with zero attached hydrogens (tertiary/aromatic N) is 4. The van der Waals surface area contributed by atoms with Gasteiger partial charge in [0.15, 0.2) is 0 Å². The van der Waals surface area contributed by atoms with Crippen LogP contribution >= 0.6 is 0 Å². The topological polar surface area (TPSA) is 61.4 Å². The second-order valence-corrected chi connectivity index (χ2v) is 5.64. The number of amides is 1. The van der Waals surface area contributed by atoms with Crippen LogP contribution in [0.2, 0.25) is 0 Å². The molecule has 7 heteroatoms. The molecule has 0 spiro atoms. The Hall–Kier alpha value is -2.54. The molecule has 126 valence electrons. The van der Waals surface area contributed by atoms with Gasteiger partial charge in [0.1, 0.15) is 17.3 Å². The minimum Gasteiger partial charge on any atom is -0.353 e. The second-order valence-electron chi connectivity index (χ2n) is 5.64. The molecular weight excluding hydrogens is 309 g/mol. The maximum absolute atomic E-state index is 12.9. The van der Waals surface area contributed by atoms with Crippen LogP contribution in [0.1, 0.15) is 17.4 Å². The van der Waals surface area contributed by atoms with E-state index in [4.69, 9.17) is 0 Å². The van der Waals surface area contributed by atoms with Crippen molar-refractivity contribution < 1.29 is 9.18 Å². The van der Waals surface area contributed by atoms with Crippen molar-refractivity contribution in [2.24, 2.45) is 0 Å². The maximum atomic E-state index is 12.9. The molecule has 1 N–H and O–H groups in total. The minimum atomic E-state index is -0.364. The summed E-state index contributed by atoms with van der Waals surface area (Å²) in [6, 6.07) is 5.59. The van der Waals surface area contributed by atoms with E-state index in [1.807, 2.05) is 0 Å². The Morgan fingerprint density at radius 1 is 1.12 bits per heavy atom. The predicted octanol–water partition coefficient (Wildman–Crippen LogP) is 2.01. The Bertz CT molecular complexity index is 681. The van der Waals surface area contributed by atoms with Crippen LogP contribution in [-0.2, 0) is 0 Å². The van der Waals surface area contributed by atoms with E-state index < -0.39 is 0 Å². The highest BCUT2D eigenvalue weighted by Gasteiger charge is 2.17. The molecule has 3 rings (SSSR count). The second kappa shape index (κ2) is 7.35. The molecule has 0 bridgehead atoms. The monoisotopic (exact) mass is 329 g/mol. The van der Waals surface area contributed by atoms with Gasteiger partial charge in [-0.25, -0.2) is 14.4 Å². The third-order valence-electron chi connectivity index (χ3n) is 4.12. The first-order valence-corrected chi connectivity index (χ1v) is 8.02. The summed E-state index contributed by atoms with van der Waals surface area (Å²) < 4.78 is 12.9. The van der Waals surface area contributed by atoms with Gasteiger partial charge in [-0.1, -0.05) is 6.92 Å². The first kappa shape index (κ1) is 16.3. The normalized spacial score (nSPS) is 15.3. The van der Waals surface area contributed by atoms with Crippen LogP contribution in [-0.4, -0.2) is 53.5 Å². The van der Waals surface area contributed by atoms with E-state index in [2.05, 4.69) is 32.0 Å². The molecule has 2 heterocycles. The largest absolute Gasteiger partial charge is 0.353 e. The van der Waals surface area contributed by atoms with Gasteiger partial charge in [-0.3, -0.25) is 4.79 Å². The Kier molecular flexibility index (Phi) is 5.00. The van der Waals surface area contributed by atoms with Crippen molar-refractivity contribution in [1.29, 1.82) is 0 Å². The molecule has 0 unspecified atom stereocenters. The average Bonchev–Trinajstić information content (AvgIpc) is 2.64. The summed E-state index contributed by atoms with van der Waals surface area (Å²) in [6.07, 6.45) is 3.10. The molecular formula is C17H20FN5O. The fourth-order valence-electron chi connectivity index (χ4n) is 2.62. The Morgan fingerprint density at radius 3 is 2.42 bits per heavy atom. The molecule has 0 aliphatic carbocycles. The summed E-state index contributed by atoms with van der Waals surface area (Å²) in [4.78, 5) is 25.2. The molecule has 1 aliphatic rings. The van der Waals surface area contributed by atoms with E-state index in [-0.39, 0.29) is 17.4 Å². The lowest BCUT2D eigenvalue weighted by atomic mass is 10.3. The third-order valence-corrected chi connectivity index (χ3v) is 4.12. The standard InChI is InChI=1S/C17H20FN5O/c1-2-22-7-9-23(10-8-22)16-12-19-15(11-20-16)17(24)21-14-5-3-13(18)4-6-14/h3-6,11-12H,2,7-10H2,1H3,(H,21,24). The molecule has 1 aliphatic heterocycles. The molecule has 1 fully saturated rings. The van der Waals surface area contributed by atoms with Crippen molar-refractivity contribution >= 4 is 17.4 Å². The van der Waals surface area contributed by atoms with Gasteiger partial charge in [0.05, 0.1) is 12.4 Å². The predicted molar refractivity (Wildman–Crippen MR) is 90.7 cm³/mol. The first-order chi connectivity index (χ1) is 11.7. The molecule has 2 aromatic rings. The van der Waals surface area contributed by atoms with Crippen molar-refractivity contribution in [3.63, 3.8) is 0 Å². The van der Waals surface area contributed by atoms with Crippen molar-refractivity contribution in [1.82, 2.24) is 14.9 Å². The van der Waals surface area contributed by atoms with Crippen LogP contribution in [0.15, 0.2) is 36.7 Å². The number of piperazine rings is 1. The van der Waals surface area contributed by atoms with Crippen LogP contribution in [0.3, 0.4) is 0 Å². The summed E-state index contributed by atoms with van der Waals surface area (Å²) in [5.41, 5.74) is 0.748. The molecule has 1 aromatic carbocycles. The van der Waals surface area contributed by atoms with Crippen LogP contribution in [0.25, 0.3) is 0 Å². The van der Waals surface area contributed by atoms with E-state index in [9.17, 15) is 9.18 Å². The zero-order valence-electron chi connectivity index (χ0n) is 13.6. The summed E-state index contributed by atoms with van der Waals surface area (Å²) in [5, 5.41) is 2.67. The smallest absolute Gasteiger partial charge is 0.275 e. The molecule has 1 saturated heterocycles. The number of hydrogen-bond acceptors (Lipinski definition) is 5. The van der Waals surface area contributed by atoms with E-state index in [1.54, 1.807) is 6.20 Å². The number of likely N-dealkylation sites (N-methyl/N-ethyl adjacent to an activating group) is 1. The number of nitrogens with one attached hydrogen (secondary N) is 1. The fraction of sp³-hybridized carbons (Fsp3) is 0.353. The summed E-state index contributed by atoms with van der Waals surface area (Å²) in [6.45, 7) is 7.04. The number of hydrogen-bond donors (Lipinski definition) is 1. The number of rotatable bonds is 4. The summed E-state index contributed by atoms with van der Waals surface area (Å²) in [7, 11) is 0. The van der Waals surface area contributed by atoms with Gasteiger partial charge in [-0.15, -0.1) is 0 Å². The van der Waals surface area contributed by atoms with E-state index in [0.717, 1.165) is 38.5 Å². The van der Waals surface area contributed by atoms with Crippen LogP contribution in [0.4, 0.5) is 15.9 Å². The maximum Gasteiger partial charge on any atom is 0.275 e. The van der Waals surface area contributed by atoms with Crippen molar-refractivity contribution in [3.8, 4) is 0 Å². The lowest BCUT2D eigenvalue weighted by Gasteiger charge is -2.34. The Morgan fingerprint density at radius 2 is 1.83 bits per heavy atom. The lowest BCUT2D eigenvalue weighted by molar-refractivity contribution is 0.102. The number of benzene rings is 1. The van der Waals surface area contributed by atoms with E-state index in [1.165, 1.54) is 30.5 Å². The lowest BCUT2D eigenvalue weighted by Crippen LogP contribution is -2.46. The number of anilines is 2. The number of halogens is 1. The molecule has 24 heavy (non-hydrogen) atoms. The van der Waals surface area contributed by atoms with Crippen LogP contribution < -0.4 is 10.2 Å². The highest BCUT2D eigenvalue weighted by molar-refractivity contribution is 6.02. The summed E-state index contributed by atoms with van der Waals surface area (Å²) in [5.74, 6) is 0.0702. The zero-order valence-corrected chi connectivity index (χ0v) is 13.6. The third kappa shape index (κ3) is 3.86. The van der Waals surface area contributed by atoms with Gasteiger partial charge in [0, 0.05) is 31.9 Å². The highest BCUT2D eigenvalue weighted by Crippen LogP contribution is 2.13. The fourth-order valence-corrected chi connectivity index (χ4v) is 2.62. The molecule has 0 saturated carbocycles. The Balaban J connectivity index is 1.61.